The number of benzene rings is 3. The average Bonchev–Trinajstić information content (AvgIpc) is 3.31. The smallest absolute Gasteiger partial charge is 0.313 e. The number of rotatable bonds is 8. The van der Waals surface area contributed by atoms with Crippen molar-refractivity contribution in [1.82, 2.24) is 4.90 Å². The van der Waals surface area contributed by atoms with Gasteiger partial charge in [0.15, 0.2) is 0 Å². The fourth-order valence-electron chi connectivity index (χ4n) is 4.51. The first-order chi connectivity index (χ1) is 16.8. The van der Waals surface area contributed by atoms with Crippen LogP contribution in [0, 0.1) is 10.8 Å². The Balaban J connectivity index is 1.53. The summed E-state index contributed by atoms with van der Waals surface area (Å²) in [4.78, 5) is 14.9. The van der Waals surface area contributed by atoms with Crippen molar-refractivity contribution in [3.8, 4) is 5.75 Å². The van der Waals surface area contributed by atoms with Gasteiger partial charge in [0.25, 0.3) is 0 Å². The van der Waals surface area contributed by atoms with Crippen molar-refractivity contribution in [3.63, 3.8) is 0 Å². The molecule has 1 fully saturated rings. The lowest BCUT2D eigenvalue weighted by Crippen LogP contribution is -2.28. The number of fused-ring (bicyclic) bond motifs is 1. The standard InChI is InChI=1S/C28H32N4O3/c1-3-34-28(33)26(15-19-4-5-20-6-7-22(27(30)31)16-23(20)14-19)21-8-10-24(11-9-21)35-25-12-13-32(17-25)18(2)29/h4-11,14,16,25-26,29H,3,12-13,15,17H2,1-2H3,(H3,30,31)/t25-,26+/m0/s1. The van der Waals surface area contributed by atoms with Crippen LogP contribution in [0.1, 0.15) is 42.9 Å². The second-order valence-electron chi connectivity index (χ2n) is 8.95. The van der Waals surface area contributed by atoms with Gasteiger partial charge in [0.1, 0.15) is 17.7 Å². The lowest BCUT2D eigenvalue weighted by molar-refractivity contribution is -0.144. The number of nitrogen functional groups attached to an aromatic ring is 1. The molecule has 0 amide bonds. The summed E-state index contributed by atoms with van der Waals surface area (Å²) in [5.74, 6) is 0.650. The molecule has 35 heavy (non-hydrogen) atoms. The Morgan fingerprint density at radius 2 is 1.83 bits per heavy atom. The predicted molar refractivity (Wildman–Crippen MR) is 138 cm³/mol. The zero-order chi connectivity index (χ0) is 24.9. The van der Waals surface area contributed by atoms with E-state index in [0.717, 1.165) is 47.2 Å². The third-order valence-corrected chi connectivity index (χ3v) is 6.43. The number of esters is 1. The van der Waals surface area contributed by atoms with Gasteiger partial charge in [-0.25, -0.2) is 0 Å². The second-order valence-corrected chi connectivity index (χ2v) is 8.95. The third-order valence-electron chi connectivity index (χ3n) is 6.43. The molecule has 0 radical (unpaired) electrons. The number of carbonyl (C=O) groups is 1. The number of nitrogens with zero attached hydrogens (tertiary/aromatic N) is 1. The summed E-state index contributed by atoms with van der Waals surface area (Å²) < 4.78 is 11.5. The minimum absolute atomic E-state index is 0.0299. The number of carbonyl (C=O) groups excluding carboxylic acids is 1. The molecule has 7 heteroatoms. The van der Waals surface area contributed by atoms with Crippen molar-refractivity contribution >= 4 is 28.4 Å². The van der Waals surface area contributed by atoms with Gasteiger partial charge in [-0.3, -0.25) is 15.6 Å². The number of hydrogen-bond acceptors (Lipinski definition) is 5. The van der Waals surface area contributed by atoms with Crippen molar-refractivity contribution in [3.05, 3.63) is 77.4 Å². The Bertz CT molecular complexity index is 1240. The molecule has 7 nitrogen and oxygen atoms in total. The average molecular weight is 473 g/mol. The van der Waals surface area contributed by atoms with Gasteiger partial charge < -0.3 is 20.1 Å². The topological polar surface area (TPSA) is 112 Å². The van der Waals surface area contributed by atoms with E-state index in [9.17, 15) is 4.79 Å². The van der Waals surface area contributed by atoms with Gasteiger partial charge in [0.05, 0.1) is 24.9 Å². The molecule has 4 N–H and O–H groups in total. The minimum atomic E-state index is -0.444. The van der Waals surface area contributed by atoms with E-state index < -0.39 is 5.92 Å². The number of amidine groups is 2. The Morgan fingerprint density at radius 1 is 1.09 bits per heavy atom. The van der Waals surface area contributed by atoms with Crippen LogP contribution in [0.25, 0.3) is 10.8 Å². The molecule has 1 aliphatic heterocycles. The first kappa shape index (κ1) is 24.3. The Hall–Kier alpha value is -3.87. The highest BCUT2D eigenvalue weighted by molar-refractivity contribution is 5.99. The maximum absolute atomic E-state index is 12.9. The summed E-state index contributed by atoms with van der Waals surface area (Å²) in [7, 11) is 0. The van der Waals surface area contributed by atoms with E-state index in [0.29, 0.717) is 24.4 Å². The van der Waals surface area contributed by atoms with Gasteiger partial charge in [-0.15, -0.1) is 0 Å². The largest absolute Gasteiger partial charge is 0.489 e. The fourth-order valence-corrected chi connectivity index (χ4v) is 4.51. The number of likely N-dealkylation sites (tertiary alicyclic amines) is 1. The molecule has 1 heterocycles. The van der Waals surface area contributed by atoms with Crippen LogP contribution in [0.2, 0.25) is 0 Å². The molecule has 3 aromatic carbocycles. The normalized spacial score (nSPS) is 16.2. The molecule has 0 aromatic heterocycles. The van der Waals surface area contributed by atoms with Crippen molar-refractivity contribution in [2.24, 2.45) is 5.73 Å². The van der Waals surface area contributed by atoms with E-state index in [1.165, 1.54) is 0 Å². The van der Waals surface area contributed by atoms with E-state index in [2.05, 4.69) is 0 Å². The van der Waals surface area contributed by atoms with E-state index >= 15 is 0 Å². The van der Waals surface area contributed by atoms with Gasteiger partial charge in [0.2, 0.25) is 0 Å². The highest BCUT2D eigenvalue weighted by Gasteiger charge is 2.25. The Kier molecular flexibility index (Phi) is 7.34. The van der Waals surface area contributed by atoms with E-state index in [1.54, 1.807) is 6.92 Å². The summed E-state index contributed by atoms with van der Waals surface area (Å²) in [5, 5.41) is 17.5. The Morgan fingerprint density at radius 3 is 2.49 bits per heavy atom. The first-order valence-corrected chi connectivity index (χ1v) is 11.9. The van der Waals surface area contributed by atoms with Gasteiger partial charge in [-0.05, 0) is 60.4 Å². The van der Waals surface area contributed by atoms with E-state index in [4.69, 9.17) is 26.0 Å². The van der Waals surface area contributed by atoms with Crippen LogP contribution in [0.15, 0.2) is 60.7 Å². The van der Waals surface area contributed by atoms with Gasteiger partial charge in [-0.2, -0.15) is 0 Å². The van der Waals surface area contributed by atoms with Gasteiger partial charge in [0, 0.05) is 18.5 Å². The molecular formula is C28H32N4O3. The number of nitrogens with one attached hydrogen (secondary N) is 2. The van der Waals surface area contributed by atoms with Crippen molar-refractivity contribution in [2.75, 3.05) is 19.7 Å². The molecule has 4 rings (SSSR count). The van der Waals surface area contributed by atoms with Crippen LogP contribution in [0.4, 0.5) is 0 Å². The molecule has 182 valence electrons. The molecule has 0 spiro atoms. The molecule has 0 saturated carbocycles. The minimum Gasteiger partial charge on any atom is -0.489 e. The van der Waals surface area contributed by atoms with Crippen LogP contribution in [0.3, 0.4) is 0 Å². The maximum Gasteiger partial charge on any atom is 0.313 e. The molecule has 1 saturated heterocycles. The number of hydrogen-bond donors (Lipinski definition) is 3. The Labute approximate surface area is 205 Å². The lowest BCUT2D eigenvalue weighted by Gasteiger charge is -2.19. The summed E-state index contributed by atoms with van der Waals surface area (Å²) >= 11 is 0. The van der Waals surface area contributed by atoms with E-state index in [-0.39, 0.29) is 17.9 Å². The molecule has 0 bridgehead atoms. The quantitative estimate of drug-likeness (QED) is 0.254. The second kappa shape index (κ2) is 10.6. The van der Waals surface area contributed by atoms with Gasteiger partial charge >= 0.3 is 5.97 Å². The third kappa shape index (κ3) is 5.80. The summed E-state index contributed by atoms with van der Waals surface area (Å²) in [6.07, 6.45) is 1.44. The van der Waals surface area contributed by atoms with E-state index in [1.807, 2.05) is 72.5 Å². The van der Waals surface area contributed by atoms with Crippen LogP contribution >= 0.6 is 0 Å². The molecule has 0 aliphatic carbocycles. The van der Waals surface area contributed by atoms with Crippen LogP contribution in [-0.2, 0) is 16.0 Å². The SMILES string of the molecule is CCOC(=O)[C@H](Cc1ccc2ccc(C(=N)N)cc2c1)c1ccc(O[C@H]2CCN(C(C)=N)C2)cc1. The fraction of sp³-hybridized carbons (Fsp3) is 0.321. The van der Waals surface area contributed by atoms with Crippen LogP contribution in [0.5, 0.6) is 5.75 Å². The lowest BCUT2D eigenvalue weighted by atomic mass is 9.91. The first-order valence-electron chi connectivity index (χ1n) is 11.9. The molecule has 1 aliphatic rings. The molecule has 2 atom stereocenters. The number of nitrogens with two attached hydrogens (primary N) is 1. The zero-order valence-electron chi connectivity index (χ0n) is 20.2. The molecule has 0 unspecified atom stereocenters. The predicted octanol–water partition coefficient (Wildman–Crippen LogP) is 4.46. The van der Waals surface area contributed by atoms with Crippen molar-refractivity contribution in [2.45, 2.75) is 38.7 Å². The summed E-state index contributed by atoms with van der Waals surface area (Å²) in [6.45, 7) is 5.48. The summed E-state index contributed by atoms with van der Waals surface area (Å²) in [6, 6.07) is 19.4. The number of ether oxygens (including phenoxy) is 2. The maximum atomic E-state index is 12.9. The monoisotopic (exact) mass is 472 g/mol. The molecule has 3 aromatic rings. The molecular weight excluding hydrogens is 440 g/mol. The highest BCUT2D eigenvalue weighted by Crippen LogP contribution is 2.28. The summed E-state index contributed by atoms with van der Waals surface area (Å²) in [5.41, 5.74) is 8.21. The van der Waals surface area contributed by atoms with Crippen molar-refractivity contribution < 1.29 is 14.3 Å². The van der Waals surface area contributed by atoms with Gasteiger partial charge in [-0.1, -0.05) is 42.5 Å². The van der Waals surface area contributed by atoms with Crippen LogP contribution in [-0.4, -0.2) is 48.3 Å². The zero-order valence-corrected chi connectivity index (χ0v) is 20.2. The van der Waals surface area contributed by atoms with Crippen LogP contribution < -0.4 is 10.5 Å². The highest BCUT2D eigenvalue weighted by atomic mass is 16.5. The van der Waals surface area contributed by atoms with Crippen molar-refractivity contribution in [1.29, 1.82) is 10.8 Å².